The highest BCUT2D eigenvalue weighted by molar-refractivity contribution is 5.94. The molecule has 0 N–H and O–H groups in total. The minimum Gasteiger partial charge on any atom is -0.425 e. The molecule has 6 nitrogen and oxygen atoms in total. The van der Waals surface area contributed by atoms with Crippen LogP contribution in [0.3, 0.4) is 0 Å². The number of likely N-dealkylation sites (tertiary alicyclic amines) is 1. The average Bonchev–Trinajstić information content (AvgIpc) is 3.07. The molecule has 2 fully saturated rings. The molecule has 2 aliphatic rings. The summed E-state index contributed by atoms with van der Waals surface area (Å²) in [7, 11) is 0. The topological polar surface area (TPSA) is 68.5 Å². The van der Waals surface area contributed by atoms with E-state index in [0.717, 1.165) is 24.9 Å². The molecule has 1 aromatic carbocycles. The lowest BCUT2D eigenvalue weighted by molar-refractivity contribution is -0.0751. The molecular formula is C18H21N3O3. The lowest BCUT2D eigenvalue weighted by atomic mass is 9.79. The molecule has 0 radical (unpaired) electrons. The van der Waals surface area contributed by atoms with Crippen molar-refractivity contribution in [1.29, 1.82) is 0 Å². The fraction of sp³-hybridized carbons (Fsp3) is 0.500. The first-order chi connectivity index (χ1) is 11.7. The summed E-state index contributed by atoms with van der Waals surface area (Å²) in [4.78, 5) is 14.7. The van der Waals surface area contributed by atoms with Crippen molar-refractivity contribution >= 4 is 5.91 Å². The Hall–Kier alpha value is -2.21. The highest BCUT2D eigenvalue weighted by Gasteiger charge is 2.42. The molecule has 1 aromatic heterocycles. The number of hydrogen-bond acceptors (Lipinski definition) is 5. The number of nitrogens with zero attached hydrogens (tertiary/aromatic N) is 3. The van der Waals surface area contributed by atoms with Crippen molar-refractivity contribution in [3.8, 4) is 0 Å². The van der Waals surface area contributed by atoms with Crippen molar-refractivity contribution in [3.05, 3.63) is 47.7 Å². The Morgan fingerprint density at radius 3 is 2.79 bits per heavy atom. The number of piperidine rings is 1. The van der Waals surface area contributed by atoms with Crippen molar-refractivity contribution < 1.29 is 13.9 Å². The van der Waals surface area contributed by atoms with Crippen LogP contribution < -0.4 is 0 Å². The molecule has 3 heterocycles. The fourth-order valence-corrected chi connectivity index (χ4v) is 3.83. The molecule has 3 atom stereocenters. The van der Waals surface area contributed by atoms with Gasteiger partial charge in [-0.3, -0.25) is 4.79 Å². The van der Waals surface area contributed by atoms with Gasteiger partial charge in [-0.15, -0.1) is 10.2 Å². The molecule has 0 unspecified atom stereocenters. The number of rotatable bonds is 2. The predicted molar refractivity (Wildman–Crippen MR) is 86.6 cm³/mol. The normalized spacial score (nSPS) is 26.9. The Morgan fingerprint density at radius 1 is 1.21 bits per heavy atom. The number of carbonyl (C=O) groups is 1. The molecule has 2 aromatic rings. The Bertz CT molecular complexity index is 715. The predicted octanol–water partition coefficient (Wildman–Crippen LogP) is 2.41. The van der Waals surface area contributed by atoms with Gasteiger partial charge in [0.05, 0.1) is 6.10 Å². The van der Waals surface area contributed by atoms with E-state index < -0.39 is 0 Å². The summed E-state index contributed by atoms with van der Waals surface area (Å²) < 4.78 is 11.6. The van der Waals surface area contributed by atoms with Crippen molar-refractivity contribution in [1.82, 2.24) is 15.1 Å². The number of amides is 1. The molecule has 4 rings (SSSR count). The van der Waals surface area contributed by atoms with Gasteiger partial charge in [0.1, 0.15) is 0 Å². The molecule has 24 heavy (non-hydrogen) atoms. The maximum absolute atomic E-state index is 12.8. The van der Waals surface area contributed by atoms with Gasteiger partial charge in [0, 0.05) is 44.0 Å². The van der Waals surface area contributed by atoms with E-state index in [1.165, 1.54) is 0 Å². The quantitative estimate of drug-likeness (QED) is 0.847. The molecule has 0 spiro atoms. The second-order valence-corrected chi connectivity index (χ2v) is 6.53. The van der Waals surface area contributed by atoms with Gasteiger partial charge in [-0.1, -0.05) is 18.2 Å². The van der Waals surface area contributed by atoms with Gasteiger partial charge >= 0.3 is 0 Å². The molecular weight excluding hydrogens is 306 g/mol. The Balaban J connectivity index is 1.54. The van der Waals surface area contributed by atoms with Crippen LogP contribution in [-0.4, -0.2) is 46.8 Å². The van der Waals surface area contributed by atoms with Crippen LogP contribution in [0.4, 0.5) is 0 Å². The van der Waals surface area contributed by atoms with E-state index in [1.54, 1.807) is 6.92 Å². The van der Waals surface area contributed by atoms with Crippen LogP contribution in [-0.2, 0) is 4.74 Å². The van der Waals surface area contributed by atoms with Gasteiger partial charge < -0.3 is 14.1 Å². The standard InChI is InChI=1S/C18H21N3O3/c1-12-19-20-17(24-12)14-8-10-23-16-7-9-21(11-15(14)16)18(22)13-5-3-2-4-6-13/h2-6,14-16H,7-11H2,1H3/t14-,15-,16-/m1/s1. The van der Waals surface area contributed by atoms with Crippen molar-refractivity contribution in [2.45, 2.75) is 31.8 Å². The number of ether oxygens (including phenoxy) is 1. The third-order valence-electron chi connectivity index (χ3n) is 5.04. The molecule has 0 saturated carbocycles. The van der Waals surface area contributed by atoms with E-state index in [9.17, 15) is 4.79 Å². The number of aromatic nitrogens is 2. The van der Waals surface area contributed by atoms with Gasteiger partial charge in [-0.2, -0.15) is 0 Å². The second kappa shape index (κ2) is 6.36. The fourth-order valence-electron chi connectivity index (χ4n) is 3.83. The summed E-state index contributed by atoms with van der Waals surface area (Å²) in [6.07, 6.45) is 1.87. The number of fused-ring (bicyclic) bond motifs is 1. The lowest BCUT2D eigenvalue weighted by Crippen LogP contribution is -2.51. The van der Waals surface area contributed by atoms with Crippen LogP contribution in [0.25, 0.3) is 0 Å². The molecule has 0 aliphatic carbocycles. The van der Waals surface area contributed by atoms with E-state index >= 15 is 0 Å². The summed E-state index contributed by atoms with van der Waals surface area (Å²) in [6.45, 7) is 3.91. The zero-order chi connectivity index (χ0) is 16.5. The van der Waals surface area contributed by atoms with E-state index in [0.29, 0.717) is 24.9 Å². The highest BCUT2D eigenvalue weighted by Crippen LogP contribution is 2.39. The molecule has 1 amide bonds. The minimum absolute atomic E-state index is 0.0834. The summed E-state index contributed by atoms with van der Waals surface area (Å²) in [5, 5.41) is 8.18. The zero-order valence-corrected chi connectivity index (χ0v) is 13.7. The van der Waals surface area contributed by atoms with Crippen molar-refractivity contribution in [2.24, 2.45) is 5.92 Å². The Morgan fingerprint density at radius 2 is 2.04 bits per heavy atom. The van der Waals surface area contributed by atoms with Crippen LogP contribution >= 0.6 is 0 Å². The molecule has 2 saturated heterocycles. The van der Waals surface area contributed by atoms with Crippen LogP contribution in [0.1, 0.15) is 40.9 Å². The minimum atomic E-state index is 0.0834. The smallest absolute Gasteiger partial charge is 0.253 e. The number of hydrogen-bond donors (Lipinski definition) is 0. The average molecular weight is 327 g/mol. The third-order valence-corrected chi connectivity index (χ3v) is 5.04. The van der Waals surface area contributed by atoms with Gasteiger partial charge in [0.15, 0.2) is 0 Å². The SMILES string of the molecule is Cc1nnc([C@@H]2CCO[C@@H]3CCN(C(=O)c4ccccc4)C[C@@H]32)o1. The Kier molecular flexibility index (Phi) is 4.06. The first kappa shape index (κ1) is 15.3. The van der Waals surface area contributed by atoms with Crippen LogP contribution in [0.2, 0.25) is 0 Å². The maximum atomic E-state index is 12.8. The van der Waals surface area contributed by atoms with E-state index in [2.05, 4.69) is 10.2 Å². The van der Waals surface area contributed by atoms with Crippen LogP contribution in [0.5, 0.6) is 0 Å². The first-order valence-electron chi connectivity index (χ1n) is 8.48. The number of aryl methyl sites for hydroxylation is 1. The Labute approximate surface area is 140 Å². The summed E-state index contributed by atoms with van der Waals surface area (Å²) in [5.41, 5.74) is 0.734. The first-order valence-corrected chi connectivity index (χ1v) is 8.48. The maximum Gasteiger partial charge on any atom is 0.253 e. The second-order valence-electron chi connectivity index (χ2n) is 6.53. The largest absolute Gasteiger partial charge is 0.425 e. The van der Waals surface area contributed by atoms with Gasteiger partial charge in [0.2, 0.25) is 11.8 Å². The van der Waals surface area contributed by atoms with Gasteiger partial charge in [-0.25, -0.2) is 0 Å². The van der Waals surface area contributed by atoms with E-state index in [4.69, 9.17) is 9.15 Å². The molecule has 126 valence electrons. The lowest BCUT2D eigenvalue weighted by Gasteiger charge is -2.44. The third kappa shape index (κ3) is 2.82. The van der Waals surface area contributed by atoms with Crippen LogP contribution in [0.15, 0.2) is 34.7 Å². The molecule has 6 heteroatoms. The summed E-state index contributed by atoms with van der Waals surface area (Å²) >= 11 is 0. The molecule has 0 bridgehead atoms. The van der Waals surface area contributed by atoms with E-state index in [1.807, 2.05) is 35.2 Å². The monoisotopic (exact) mass is 327 g/mol. The van der Waals surface area contributed by atoms with Crippen molar-refractivity contribution in [2.75, 3.05) is 19.7 Å². The number of carbonyl (C=O) groups excluding carboxylic acids is 1. The van der Waals surface area contributed by atoms with Gasteiger partial charge in [0.25, 0.3) is 5.91 Å². The molecule has 2 aliphatic heterocycles. The van der Waals surface area contributed by atoms with E-state index in [-0.39, 0.29) is 23.8 Å². The van der Waals surface area contributed by atoms with Gasteiger partial charge in [-0.05, 0) is 25.0 Å². The summed E-state index contributed by atoms with van der Waals surface area (Å²) in [5.74, 6) is 1.72. The zero-order valence-electron chi connectivity index (χ0n) is 13.7. The summed E-state index contributed by atoms with van der Waals surface area (Å²) in [6, 6.07) is 9.45. The number of benzene rings is 1. The van der Waals surface area contributed by atoms with Crippen molar-refractivity contribution in [3.63, 3.8) is 0 Å². The highest BCUT2D eigenvalue weighted by atomic mass is 16.5. The van der Waals surface area contributed by atoms with Crippen LogP contribution in [0, 0.1) is 12.8 Å².